The van der Waals surface area contributed by atoms with Crippen LogP contribution < -0.4 is 22.3 Å². The van der Waals surface area contributed by atoms with Crippen molar-refractivity contribution in [2.45, 2.75) is 6.54 Å². The van der Waals surface area contributed by atoms with Crippen LogP contribution in [0.1, 0.15) is 0 Å². The summed E-state index contributed by atoms with van der Waals surface area (Å²) in [6.45, 7) is -0.190. The number of aromatic nitrogens is 2. The molecule has 0 bridgehead atoms. The van der Waals surface area contributed by atoms with Crippen LogP contribution in [0.5, 0.6) is 0 Å². The number of carbonyl (C=O) groups excluding carboxylic acids is 1. The normalized spacial score (nSPS) is 10.1. The molecule has 98 valence electrons. The predicted octanol–water partition coefficient (Wildman–Crippen LogP) is -0.243. The third kappa shape index (κ3) is 3.32. The Hall–Kier alpha value is -2.83. The maximum Gasteiger partial charge on any atom is 0.328 e. The number of hydrogen-bond acceptors (Lipinski definition) is 4. The average Bonchev–Trinajstić information content (AvgIpc) is 2.33. The van der Waals surface area contributed by atoms with Crippen LogP contribution in [0.2, 0.25) is 0 Å². The lowest BCUT2D eigenvalue weighted by Crippen LogP contribution is -2.32. The number of benzene rings is 1. The first kappa shape index (κ1) is 12.6. The molecule has 0 unspecified atom stereocenters. The van der Waals surface area contributed by atoms with E-state index in [1.807, 2.05) is 0 Å². The van der Waals surface area contributed by atoms with Crippen molar-refractivity contribution >= 4 is 17.3 Å². The van der Waals surface area contributed by atoms with Crippen molar-refractivity contribution in [2.24, 2.45) is 0 Å². The number of nitrogens with zero attached hydrogens (tertiary/aromatic N) is 1. The van der Waals surface area contributed by atoms with Gasteiger partial charge in [0.1, 0.15) is 6.54 Å². The van der Waals surface area contributed by atoms with Crippen molar-refractivity contribution < 1.29 is 4.79 Å². The number of nitrogens with one attached hydrogen (secondary N) is 2. The number of carbonyl (C=O) groups is 1. The molecule has 2 rings (SSSR count). The molecular formula is C12H12N4O3. The molecule has 0 atom stereocenters. The zero-order valence-electron chi connectivity index (χ0n) is 9.92. The maximum absolute atomic E-state index is 11.7. The molecule has 1 aromatic carbocycles. The first-order valence-corrected chi connectivity index (χ1v) is 5.50. The summed E-state index contributed by atoms with van der Waals surface area (Å²) in [5.74, 6) is -0.389. The molecule has 0 spiro atoms. The SMILES string of the molecule is Nc1cccc(NC(=O)Cn2ccc(=O)[nH]c2=O)c1. The average molecular weight is 260 g/mol. The summed E-state index contributed by atoms with van der Waals surface area (Å²) >= 11 is 0. The van der Waals surface area contributed by atoms with E-state index >= 15 is 0 Å². The molecule has 0 fully saturated rings. The highest BCUT2D eigenvalue weighted by molar-refractivity contribution is 5.90. The van der Waals surface area contributed by atoms with E-state index < -0.39 is 11.2 Å². The topological polar surface area (TPSA) is 110 Å². The molecule has 7 heteroatoms. The van der Waals surface area contributed by atoms with E-state index in [9.17, 15) is 14.4 Å². The predicted molar refractivity (Wildman–Crippen MR) is 70.8 cm³/mol. The first-order chi connectivity index (χ1) is 9.04. The van der Waals surface area contributed by atoms with Gasteiger partial charge in [-0.1, -0.05) is 6.07 Å². The van der Waals surface area contributed by atoms with Gasteiger partial charge in [-0.15, -0.1) is 0 Å². The van der Waals surface area contributed by atoms with Crippen LogP contribution >= 0.6 is 0 Å². The van der Waals surface area contributed by atoms with E-state index in [0.29, 0.717) is 11.4 Å². The molecule has 0 radical (unpaired) electrons. The molecule has 0 aliphatic carbocycles. The molecule has 0 saturated carbocycles. The minimum atomic E-state index is -0.629. The summed E-state index contributed by atoms with van der Waals surface area (Å²) < 4.78 is 1.10. The Morgan fingerprint density at radius 1 is 1.32 bits per heavy atom. The molecule has 4 N–H and O–H groups in total. The van der Waals surface area contributed by atoms with Gasteiger partial charge < -0.3 is 11.1 Å². The van der Waals surface area contributed by atoms with E-state index in [1.165, 1.54) is 12.3 Å². The van der Waals surface area contributed by atoms with E-state index in [2.05, 4.69) is 10.3 Å². The second kappa shape index (κ2) is 5.21. The Balaban J connectivity index is 2.09. The van der Waals surface area contributed by atoms with Crippen molar-refractivity contribution in [1.29, 1.82) is 0 Å². The number of rotatable bonds is 3. The van der Waals surface area contributed by atoms with Gasteiger partial charge >= 0.3 is 5.69 Å². The highest BCUT2D eigenvalue weighted by Gasteiger charge is 2.05. The number of anilines is 2. The fourth-order valence-corrected chi connectivity index (χ4v) is 1.54. The summed E-state index contributed by atoms with van der Waals surface area (Å²) in [6, 6.07) is 7.87. The van der Waals surface area contributed by atoms with Crippen LogP contribution in [0, 0.1) is 0 Å². The number of amides is 1. The summed E-state index contributed by atoms with van der Waals surface area (Å²) in [7, 11) is 0. The quantitative estimate of drug-likeness (QED) is 0.661. The van der Waals surface area contributed by atoms with Gasteiger partial charge in [0, 0.05) is 23.6 Å². The summed E-state index contributed by atoms with van der Waals surface area (Å²) in [6.07, 6.45) is 1.26. The van der Waals surface area contributed by atoms with Gasteiger partial charge in [0.05, 0.1) is 0 Å². The Kier molecular flexibility index (Phi) is 3.46. The molecule has 0 saturated heterocycles. The van der Waals surface area contributed by atoms with Crippen molar-refractivity contribution in [3.05, 3.63) is 57.4 Å². The molecule has 1 heterocycles. The first-order valence-electron chi connectivity index (χ1n) is 5.50. The Bertz CT molecular complexity index is 717. The Morgan fingerprint density at radius 2 is 2.11 bits per heavy atom. The minimum Gasteiger partial charge on any atom is -0.399 e. The van der Waals surface area contributed by atoms with Crippen LogP contribution in [0.3, 0.4) is 0 Å². The molecule has 1 aromatic heterocycles. The second-order valence-corrected chi connectivity index (χ2v) is 3.91. The molecule has 0 aliphatic rings. The fourth-order valence-electron chi connectivity index (χ4n) is 1.54. The highest BCUT2D eigenvalue weighted by Crippen LogP contribution is 2.11. The van der Waals surface area contributed by atoms with Gasteiger partial charge in [-0.2, -0.15) is 0 Å². The van der Waals surface area contributed by atoms with Gasteiger partial charge in [0.15, 0.2) is 0 Å². The lowest BCUT2D eigenvalue weighted by molar-refractivity contribution is -0.116. The van der Waals surface area contributed by atoms with Crippen molar-refractivity contribution in [2.75, 3.05) is 11.1 Å². The highest BCUT2D eigenvalue weighted by atomic mass is 16.2. The smallest absolute Gasteiger partial charge is 0.328 e. The lowest BCUT2D eigenvalue weighted by atomic mass is 10.3. The van der Waals surface area contributed by atoms with E-state index in [0.717, 1.165) is 4.57 Å². The van der Waals surface area contributed by atoms with Crippen LogP contribution in [-0.4, -0.2) is 15.5 Å². The van der Waals surface area contributed by atoms with Gasteiger partial charge in [-0.05, 0) is 18.2 Å². The molecule has 7 nitrogen and oxygen atoms in total. The molecule has 1 amide bonds. The van der Waals surface area contributed by atoms with Crippen LogP contribution in [0.4, 0.5) is 11.4 Å². The van der Waals surface area contributed by atoms with Crippen LogP contribution in [0.25, 0.3) is 0 Å². The number of nitrogen functional groups attached to an aromatic ring is 1. The third-order valence-corrected chi connectivity index (χ3v) is 2.38. The second-order valence-electron chi connectivity index (χ2n) is 3.91. The zero-order valence-corrected chi connectivity index (χ0v) is 9.92. The Morgan fingerprint density at radius 3 is 2.79 bits per heavy atom. The van der Waals surface area contributed by atoms with Crippen LogP contribution in [0.15, 0.2) is 46.1 Å². The van der Waals surface area contributed by atoms with Gasteiger partial charge in [0.25, 0.3) is 5.56 Å². The van der Waals surface area contributed by atoms with Gasteiger partial charge in [-0.25, -0.2) is 4.79 Å². The summed E-state index contributed by atoms with van der Waals surface area (Å²) in [5, 5.41) is 2.60. The summed E-state index contributed by atoms with van der Waals surface area (Å²) in [5.41, 5.74) is 5.52. The number of hydrogen-bond donors (Lipinski definition) is 3. The molecular weight excluding hydrogens is 248 g/mol. The van der Waals surface area contributed by atoms with Gasteiger partial charge in [-0.3, -0.25) is 19.1 Å². The van der Waals surface area contributed by atoms with Crippen molar-refractivity contribution in [3.63, 3.8) is 0 Å². The lowest BCUT2D eigenvalue weighted by Gasteiger charge is -2.07. The van der Waals surface area contributed by atoms with E-state index in [-0.39, 0.29) is 12.5 Å². The molecule has 2 aromatic rings. The number of nitrogens with two attached hydrogens (primary N) is 1. The molecule has 19 heavy (non-hydrogen) atoms. The zero-order chi connectivity index (χ0) is 13.8. The minimum absolute atomic E-state index is 0.190. The third-order valence-electron chi connectivity index (χ3n) is 2.38. The van der Waals surface area contributed by atoms with Crippen LogP contribution in [-0.2, 0) is 11.3 Å². The van der Waals surface area contributed by atoms with Crippen molar-refractivity contribution in [1.82, 2.24) is 9.55 Å². The largest absolute Gasteiger partial charge is 0.399 e. The maximum atomic E-state index is 11.7. The van der Waals surface area contributed by atoms with E-state index in [4.69, 9.17) is 5.73 Å². The number of aromatic amines is 1. The molecule has 0 aliphatic heterocycles. The standard InChI is InChI=1S/C12H12N4O3/c13-8-2-1-3-9(6-8)14-11(18)7-16-5-4-10(17)15-12(16)19/h1-6H,7,13H2,(H,14,18)(H,15,17,19). The van der Waals surface area contributed by atoms with Crippen molar-refractivity contribution in [3.8, 4) is 0 Å². The van der Waals surface area contributed by atoms with E-state index in [1.54, 1.807) is 24.3 Å². The number of H-pyrrole nitrogens is 1. The van der Waals surface area contributed by atoms with Gasteiger partial charge in [0.2, 0.25) is 5.91 Å². The summed E-state index contributed by atoms with van der Waals surface area (Å²) in [4.78, 5) is 36.1. The monoisotopic (exact) mass is 260 g/mol. The Labute approximate surface area is 107 Å². The fraction of sp³-hybridized carbons (Fsp3) is 0.0833.